The van der Waals surface area contributed by atoms with Gasteiger partial charge in [-0.25, -0.2) is 0 Å². The Morgan fingerprint density at radius 3 is 2.48 bits per heavy atom. The topological polar surface area (TPSA) is 117 Å². The van der Waals surface area contributed by atoms with E-state index in [0.29, 0.717) is 42.8 Å². The van der Waals surface area contributed by atoms with E-state index in [1.165, 1.54) is 12.8 Å². The fraction of sp³-hybridized carbons (Fsp3) is 0.500. The summed E-state index contributed by atoms with van der Waals surface area (Å²) in [7, 11) is 0. The standard InChI is InChI=1S/C32H39N5O3/c38-24-11-7-12-25-26(18-17-24)32(37-36-31(25)27-13-5-6-20-33-27)28-19-16-23(21-34-28)35-30(40)15-8-14-29(39)22-9-3-1-2-4-10-22/h5-6,12-13,16,19-22,24,26,38H,1-4,7-11,14-15,17-18H2,(H,35,40)/b25-12+/t24-,26?/m0/s1. The van der Waals surface area contributed by atoms with Crippen LogP contribution < -0.4 is 5.32 Å². The van der Waals surface area contributed by atoms with Crippen LogP contribution >= 0.6 is 0 Å². The molecule has 0 spiro atoms. The second-order valence-corrected chi connectivity index (χ2v) is 11.2. The summed E-state index contributed by atoms with van der Waals surface area (Å²) in [4.78, 5) is 34.2. The number of pyridine rings is 2. The highest BCUT2D eigenvalue weighted by molar-refractivity contribution is 6.19. The van der Waals surface area contributed by atoms with E-state index in [1.807, 2.05) is 30.3 Å². The molecule has 210 valence electrons. The number of aliphatic hydroxyl groups excluding tert-OH is 1. The number of ketones is 1. The first-order valence-corrected chi connectivity index (χ1v) is 14.8. The number of carbonyl (C=O) groups is 2. The lowest BCUT2D eigenvalue weighted by molar-refractivity contribution is -0.123. The third kappa shape index (κ3) is 7.16. The van der Waals surface area contributed by atoms with Crippen molar-refractivity contribution in [3.8, 4) is 0 Å². The maximum atomic E-state index is 12.6. The SMILES string of the molecule is O=C(CCCC(=O)C1CCCCCC1)Nc1ccc(C2=NN=C(c3ccccn3)/C3=C/CC[C@H](O)CCC23)nc1. The van der Waals surface area contributed by atoms with Crippen molar-refractivity contribution >= 4 is 28.8 Å². The average Bonchev–Trinajstić information content (AvgIpc) is 3.26. The Bertz CT molecular complexity index is 1260. The second kappa shape index (κ2) is 13.7. The fourth-order valence-corrected chi connectivity index (χ4v) is 6.01. The van der Waals surface area contributed by atoms with Crippen LogP contribution in [0.25, 0.3) is 0 Å². The van der Waals surface area contributed by atoms with Gasteiger partial charge in [-0.2, -0.15) is 5.10 Å². The number of rotatable bonds is 8. The van der Waals surface area contributed by atoms with Crippen molar-refractivity contribution in [3.05, 3.63) is 65.8 Å². The summed E-state index contributed by atoms with van der Waals surface area (Å²) >= 11 is 0. The van der Waals surface area contributed by atoms with Crippen LogP contribution in [-0.4, -0.2) is 44.3 Å². The van der Waals surface area contributed by atoms with E-state index in [-0.39, 0.29) is 23.8 Å². The van der Waals surface area contributed by atoms with Gasteiger partial charge in [-0.05, 0) is 74.8 Å². The molecule has 0 radical (unpaired) electrons. The van der Waals surface area contributed by atoms with Crippen molar-refractivity contribution in [1.29, 1.82) is 0 Å². The molecule has 0 bridgehead atoms. The first-order chi connectivity index (χ1) is 19.6. The summed E-state index contributed by atoms with van der Waals surface area (Å²) in [6, 6.07) is 9.45. The molecule has 8 heteroatoms. The maximum absolute atomic E-state index is 12.6. The Morgan fingerprint density at radius 2 is 1.73 bits per heavy atom. The Balaban J connectivity index is 1.23. The molecule has 8 nitrogen and oxygen atoms in total. The molecule has 1 saturated carbocycles. The van der Waals surface area contributed by atoms with Crippen molar-refractivity contribution in [3.63, 3.8) is 0 Å². The first kappa shape index (κ1) is 28.0. The molecule has 1 fully saturated rings. The third-order valence-electron chi connectivity index (χ3n) is 8.24. The minimum atomic E-state index is -0.343. The highest BCUT2D eigenvalue weighted by Crippen LogP contribution is 2.33. The normalized spacial score (nSPS) is 23.3. The summed E-state index contributed by atoms with van der Waals surface area (Å²) in [5.41, 5.74) is 4.70. The van der Waals surface area contributed by atoms with E-state index in [4.69, 9.17) is 0 Å². The molecule has 2 aromatic rings. The molecule has 2 N–H and O–H groups in total. The van der Waals surface area contributed by atoms with E-state index in [9.17, 15) is 14.7 Å². The molecule has 40 heavy (non-hydrogen) atoms. The molecule has 0 aromatic carbocycles. The third-order valence-corrected chi connectivity index (χ3v) is 8.24. The lowest BCUT2D eigenvalue weighted by atomic mass is 9.80. The van der Waals surface area contributed by atoms with Crippen LogP contribution in [0.15, 0.2) is 64.6 Å². The summed E-state index contributed by atoms with van der Waals surface area (Å²) in [5.74, 6) is 0.342. The highest BCUT2D eigenvalue weighted by atomic mass is 16.3. The lowest BCUT2D eigenvalue weighted by Crippen LogP contribution is -2.30. The predicted molar refractivity (Wildman–Crippen MR) is 156 cm³/mol. The van der Waals surface area contributed by atoms with Gasteiger partial charge in [0.2, 0.25) is 5.91 Å². The van der Waals surface area contributed by atoms with E-state index in [0.717, 1.165) is 67.6 Å². The maximum Gasteiger partial charge on any atom is 0.224 e. The Hall–Kier alpha value is -3.52. The molecule has 1 unspecified atom stereocenters. The van der Waals surface area contributed by atoms with Gasteiger partial charge < -0.3 is 10.4 Å². The van der Waals surface area contributed by atoms with Gasteiger partial charge in [0.25, 0.3) is 0 Å². The highest BCUT2D eigenvalue weighted by Gasteiger charge is 2.32. The predicted octanol–water partition coefficient (Wildman–Crippen LogP) is 5.81. The van der Waals surface area contributed by atoms with Crippen LogP contribution in [-0.2, 0) is 9.59 Å². The number of hydrogen-bond acceptors (Lipinski definition) is 7. The fourth-order valence-electron chi connectivity index (χ4n) is 6.01. The number of aromatic nitrogens is 2. The van der Waals surface area contributed by atoms with Crippen LogP contribution in [0.4, 0.5) is 5.69 Å². The van der Waals surface area contributed by atoms with Crippen LogP contribution in [0, 0.1) is 11.8 Å². The Labute approximate surface area is 236 Å². The molecule has 0 saturated heterocycles. The van der Waals surface area contributed by atoms with E-state index < -0.39 is 0 Å². The van der Waals surface area contributed by atoms with Gasteiger partial charge in [0.05, 0.1) is 35.1 Å². The molecule has 1 aliphatic heterocycles. The number of amides is 1. The largest absolute Gasteiger partial charge is 0.393 e. The molecule has 3 heterocycles. The minimum absolute atomic E-state index is 0.0524. The first-order valence-electron chi connectivity index (χ1n) is 14.8. The molecule has 2 aromatic heterocycles. The van der Waals surface area contributed by atoms with E-state index in [2.05, 4.69) is 31.6 Å². The van der Waals surface area contributed by atoms with Crippen LogP contribution in [0.5, 0.6) is 0 Å². The van der Waals surface area contributed by atoms with Gasteiger partial charge >= 0.3 is 0 Å². The van der Waals surface area contributed by atoms with Crippen LogP contribution in [0.3, 0.4) is 0 Å². The molecular formula is C32H39N5O3. The van der Waals surface area contributed by atoms with E-state index in [1.54, 1.807) is 12.4 Å². The number of hydrogen-bond donors (Lipinski definition) is 2. The van der Waals surface area contributed by atoms with Crippen molar-refractivity contribution in [1.82, 2.24) is 9.97 Å². The van der Waals surface area contributed by atoms with E-state index >= 15 is 0 Å². The quantitative estimate of drug-likeness (QED) is 0.409. The van der Waals surface area contributed by atoms with Gasteiger partial charge in [0.15, 0.2) is 0 Å². The monoisotopic (exact) mass is 541 g/mol. The van der Waals surface area contributed by atoms with Crippen molar-refractivity contribution in [2.75, 3.05) is 5.32 Å². The van der Waals surface area contributed by atoms with Gasteiger partial charge in [-0.15, -0.1) is 5.10 Å². The lowest BCUT2D eigenvalue weighted by Gasteiger charge is -2.28. The van der Waals surface area contributed by atoms with Gasteiger partial charge in [0.1, 0.15) is 11.5 Å². The molecular weight excluding hydrogens is 502 g/mol. The number of carbonyl (C=O) groups excluding carboxylic acids is 2. The second-order valence-electron chi connectivity index (χ2n) is 11.2. The zero-order chi connectivity index (χ0) is 27.7. The molecule has 2 atom stereocenters. The molecule has 3 aliphatic rings. The number of anilines is 1. The summed E-state index contributed by atoms with van der Waals surface area (Å²) < 4.78 is 0. The molecule has 5 rings (SSSR count). The Morgan fingerprint density at radius 1 is 0.875 bits per heavy atom. The van der Waals surface area contributed by atoms with Gasteiger partial charge in [-0.3, -0.25) is 19.6 Å². The number of allylic oxidation sites excluding steroid dienone is 2. The molecule has 1 amide bonds. The number of nitrogens with one attached hydrogen (secondary N) is 1. The number of Topliss-reactive ketones (excluding diaryl/α,β-unsaturated/α-hetero) is 1. The van der Waals surface area contributed by atoms with Crippen molar-refractivity contribution in [2.45, 2.75) is 89.6 Å². The number of fused-ring (bicyclic) bond motifs is 1. The smallest absolute Gasteiger partial charge is 0.224 e. The van der Waals surface area contributed by atoms with Gasteiger partial charge in [0, 0.05) is 30.9 Å². The minimum Gasteiger partial charge on any atom is -0.393 e. The average molecular weight is 542 g/mol. The molecule has 2 aliphatic carbocycles. The zero-order valence-corrected chi connectivity index (χ0v) is 23.1. The van der Waals surface area contributed by atoms with Crippen LogP contribution in [0.1, 0.15) is 94.9 Å². The van der Waals surface area contributed by atoms with Crippen molar-refractivity contribution in [2.24, 2.45) is 22.0 Å². The summed E-state index contributed by atoms with van der Waals surface area (Å²) in [5, 5.41) is 22.4. The van der Waals surface area contributed by atoms with Crippen LogP contribution in [0.2, 0.25) is 0 Å². The van der Waals surface area contributed by atoms with Gasteiger partial charge in [-0.1, -0.05) is 37.8 Å². The Kier molecular flexibility index (Phi) is 9.60. The number of nitrogens with zero attached hydrogens (tertiary/aromatic N) is 4. The van der Waals surface area contributed by atoms with Crippen molar-refractivity contribution < 1.29 is 14.7 Å². The summed E-state index contributed by atoms with van der Waals surface area (Å²) in [6.07, 6.45) is 16.2. The number of aliphatic hydroxyl groups is 1. The summed E-state index contributed by atoms with van der Waals surface area (Å²) in [6.45, 7) is 0. The zero-order valence-electron chi connectivity index (χ0n) is 23.1.